The smallest absolute Gasteiger partial charge is 0.410 e. The highest BCUT2D eigenvalue weighted by molar-refractivity contribution is 5.87. The molecule has 4 heteroatoms. The number of carbonyl (C=O) groups is 2. The SMILES string of the molecule is O=C1CCN(C(=O)Oc2ccc3c(c2)CCC3)C1. The lowest BCUT2D eigenvalue weighted by Gasteiger charge is -2.14. The van der Waals surface area contributed by atoms with Gasteiger partial charge in [-0.1, -0.05) is 6.07 Å². The predicted molar refractivity (Wildman–Crippen MR) is 65.7 cm³/mol. The van der Waals surface area contributed by atoms with Gasteiger partial charge in [0.15, 0.2) is 5.78 Å². The average Bonchev–Trinajstić information content (AvgIpc) is 2.96. The number of aryl methyl sites for hydroxylation is 2. The van der Waals surface area contributed by atoms with Crippen LogP contribution in [0.4, 0.5) is 4.79 Å². The molecular formula is C14H15NO3. The molecule has 0 bridgehead atoms. The number of rotatable bonds is 1. The molecule has 2 aliphatic rings. The van der Waals surface area contributed by atoms with Crippen LogP contribution in [0.25, 0.3) is 0 Å². The third-order valence-electron chi connectivity index (χ3n) is 3.56. The molecule has 18 heavy (non-hydrogen) atoms. The fourth-order valence-electron chi connectivity index (χ4n) is 2.56. The van der Waals surface area contributed by atoms with E-state index < -0.39 is 6.09 Å². The van der Waals surface area contributed by atoms with Gasteiger partial charge in [0.25, 0.3) is 0 Å². The van der Waals surface area contributed by atoms with Crippen LogP contribution in [0.1, 0.15) is 24.0 Å². The van der Waals surface area contributed by atoms with Crippen LogP contribution in [-0.4, -0.2) is 29.9 Å². The zero-order chi connectivity index (χ0) is 12.5. The Morgan fingerprint density at radius 2 is 2.00 bits per heavy atom. The lowest BCUT2D eigenvalue weighted by Crippen LogP contribution is -2.31. The Balaban J connectivity index is 1.69. The van der Waals surface area contributed by atoms with Crippen LogP contribution in [0.15, 0.2) is 18.2 Å². The standard InChI is InChI=1S/C14H15NO3/c16-12-6-7-15(9-12)14(17)18-13-5-4-10-2-1-3-11(10)8-13/h4-5,8H,1-3,6-7,9H2. The first-order chi connectivity index (χ1) is 8.72. The highest BCUT2D eigenvalue weighted by atomic mass is 16.6. The van der Waals surface area contributed by atoms with E-state index >= 15 is 0 Å². The summed E-state index contributed by atoms with van der Waals surface area (Å²) in [6, 6.07) is 5.80. The van der Waals surface area contributed by atoms with Crippen LogP contribution in [0.5, 0.6) is 5.75 Å². The summed E-state index contributed by atoms with van der Waals surface area (Å²) in [5.74, 6) is 0.681. The molecule has 1 aliphatic heterocycles. The van der Waals surface area contributed by atoms with E-state index in [-0.39, 0.29) is 12.3 Å². The molecule has 0 saturated carbocycles. The van der Waals surface area contributed by atoms with Gasteiger partial charge in [-0.3, -0.25) is 4.79 Å². The molecule has 0 radical (unpaired) electrons. The summed E-state index contributed by atoms with van der Waals surface area (Å²) in [7, 11) is 0. The van der Waals surface area contributed by atoms with Crippen molar-refractivity contribution in [2.75, 3.05) is 13.1 Å². The third kappa shape index (κ3) is 2.10. The van der Waals surface area contributed by atoms with Gasteiger partial charge in [0.2, 0.25) is 0 Å². The Hall–Kier alpha value is -1.84. The number of amides is 1. The number of fused-ring (bicyclic) bond motifs is 1. The zero-order valence-electron chi connectivity index (χ0n) is 10.1. The van der Waals surface area contributed by atoms with Crippen molar-refractivity contribution in [3.63, 3.8) is 0 Å². The Bertz CT molecular complexity index is 510. The molecule has 0 spiro atoms. The molecule has 1 aliphatic carbocycles. The summed E-state index contributed by atoms with van der Waals surface area (Å²) in [4.78, 5) is 24.4. The number of ketones is 1. The molecule has 1 amide bonds. The first kappa shape index (κ1) is 11.3. The summed E-state index contributed by atoms with van der Waals surface area (Å²) in [5, 5.41) is 0. The minimum atomic E-state index is -0.418. The second kappa shape index (κ2) is 4.44. The average molecular weight is 245 g/mol. The number of nitrogens with zero attached hydrogens (tertiary/aromatic N) is 1. The van der Waals surface area contributed by atoms with E-state index in [2.05, 4.69) is 0 Å². The molecule has 0 unspecified atom stereocenters. The van der Waals surface area contributed by atoms with E-state index in [1.807, 2.05) is 18.2 Å². The normalized spacial score (nSPS) is 18.0. The Kier molecular flexibility index (Phi) is 2.78. The maximum Gasteiger partial charge on any atom is 0.415 e. The van der Waals surface area contributed by atoms with Crippen molar-refractivity contribution in [1.29, 1.82) is 0 Å². The van der Waals surface area contributed by atoms with Crippen LogP contribution in [0.2, 0.25) is 0 Å². The lowest BCUT2D eigenvalue weighted by molar-refractivity contribution is -0.116. The number of hydrogen-bond donors (Lipinski definition) is 0. The minimum absolute atomic E-state index is 0.0981. The summed E-state index contributed by atoms with van der Waals surface area (Å²) in [6.45, 7) is 0.659. The fraction of sp³-hybridized carbons (Fsp3) is 0.429. The van der Waals surface area contributed by atoms with E-state index in [9.17, 15) is 9.59 Å². The van der Waals surface area contributed by atoms with Crippen molar-refractivity contribution in [1.82, 2.24) is 4.90 Å². The highest BCUT2D eigenvalue weighted by Crippen LogP contribution is 2.26. The number of carbonyl (C=O) groups excluding carboxylic acids is 2. The van der Waals surface area contributed by atoms with Crippen LogP contribution in [-0.2, 0) is 17.6 Å². The molecule has 4 nitrogen and oxygen atoms in total. The van der Waals surface area contributed by atoms with Crippen molar-refractivity contribution in [3.05, 3.63) is 29.3 Å². The summed E-state index contributed by atoms with van der Waals surface area (Å²) < 4.78 is 5.31. The van der Waals surface area contributed by atoms with Gasteiger partial charge < -0.3 is 9.64 Å². The van der Waals surface area contributed by atoms with Gasteiger partial charge in [0.05, 0.1) is 6.54 Å². The molecule has 0 aromatic heterocycles. The number of hydrogen-bond acceptors (Lipinski definition) is 3. The number of ether oxygens (including phenoxy) is 1. The van der Waals surface area contributed by atoms with Crippen LogP contribution in [0, 0.1) is 0 Å². The summed E-state index contributed by atoms with van der Waals surface area (Å²) >= 11 is 0. The second-order valence-corrected chi connectivity index (χ2v) is 4.86. The van der Waals surface area contributed by atoms with E-state index in [0.717, 1.165) is 12.8 Å². The molecule has 0 N–H and O–H groups in total. The summed E-state index contributed by atoms with van der Waals surface area (Å²) in [6.07, 6.45) is 3.37. The fourth-order valence-corrected chi connectivity index (χ4v) is 2.56. The molecule has 1 aromatic carbocycles. The lowest BCUT2D eigenvalue weighted by atomic mass is 10.1. The van der Waals surface area contributed by atoms with Gasteiger partial charge in [-0.15, -0.1) is 0 Å². The third-order valence-corrected chi connectivity index (χ3v) is 3.56. The maximum atomic E-state index is 11.8. The topological polar surface area (TPSA) is 46.6 Å². The molecular weight excluding hydrogens is 230 g/mol. The van der Waals surface area contributed by atoms with Crippen molar-refractivity contribution in [2.24, 2.45) is 0 Å². The Labute approximate surface area is 106 Å². The molecule has 1 fully saturated rings. The van der Waals surface area contributed by atoms with Gasteiger partial charge in [-0.2, -0.15) is 0 Å². The van der Waals surface area contributed by atoms with Crippen LogP contribution in [0.3, 0.4) is 0 Å². The molecule has 3 rings (SSSR count). The van der Waals surface area contributed by atoms with Crippen molar-refractivity contribution >= 4 is 11.9 Å². The first-order valence-electron chi connectivity index (χ1n) is 6.32. The van der Waals surface area contributed by atoms with Gasteiger partial charge in [-0.05, 0) is 42.5 Å². The zero-order valence-corrected chi connectivity index (χ0v) is 10.1. The van der Waals surface area contributed by atoms with Crippen LogP contribution >= 0.6 is 0 Å². The van der Waals surface area contributed by atoms with Gasteiger partial charge >= 0.3 is 6.09 Å². The molecule has 1 aromatic rings. The maximum absolute atomic E-state index is 11.8. The Morgan fingerprint density at radius 1 is 1.17 bits per heavy atom. The molecule has 0 atom stereocenters. The van der Waals surface area contributed by atoms with E-state index in [0.29, 0.717) is 18.7 Å². The molecule has 94 valence electrons. The van der Waals surface area contributed by atoms with E-state index in [1.54, 1.807) is 0 Å². The monoisotopic (exact) mass is 245 g/mol. The highest BCUT2D eigenvalue weighted by Gasteiger charge is 2.25. The van der Waals surface area contributed by atoms with Crippen molar-refractivity contribution in [3.8, 4) is 5.75 Å². The van der Waals surface area contributed by atoms with Gasteiger partial charge in [-0.25, -0.2) is 4.79 Å². The number of Topliss-reactive ketones (excluding diaryl/α,β-unsaturated/α-hetero) is 1. The van der Waals surface area contributed by atoms with Crippen molar-refractivity contribution in [2.45, 2.75) is 25.7 Å². The Morgan fingerprint density at radius 3 is 2.78 bits per heavy atom. The van der Waals surface area contributed by atoms with Crippen LogP contribution < -0.4 is 4.74 Å². The summed E-state index contributed by atoms with van der Waals surface area (Å²) in [5.41, 5.74) is 2.63. The first-order valence-corrected chi connectivity index (χ1v) is 6.32. The van der Waals surface area contributed by atoms with Gasteiger partial charge in [0.1, 0.15) is 5.75 Å². The number of likely N-dealkylation sites (tertiary alicyclic amines) is 1. The predicted octanol–water partition coefficient (Wildman–Crippen LogP) is 1.95. The largest absolute Gasteiger partial charge is 0.415 e. The van der Waals surface area contributed by atoms with Crippen molar-refractivity contribution < 1.29 is 14.3 Å². The molecule has 1 saturated heterocycles. The second-order valence-electron chi connectivity index (χ2n) is 4.86. The molecule has 1 heterocycles. The number of benzene rings is 1. The van der Waals surface area contributed by atoms with E-state index in [1.165, 1.54) is 22.4 Å². The minimum Gasteiger partial charge on any atom is -0.410 e. The van der Waals surface area contributed by atoms with E-state index in [4.69, 9.17) is 4.74 Å². The quantitative estimate of drug-likeness (QED) is 0.759. The van der Waals surface area contributed by atoms with Gasteiger partial charge in [0, 0.05) is 13.0 Å².